The molecule has 0 bridgehead atoms. The van der Waals surface area contributed by atoms with Gasteiger partial charge in [0.15, 0.2) is 6.33 Å². The van der Waals surface area contributed by atoms with Gasteiger partial charge in [-0.15, -0.1) is 0 Å². The van der Waals surface area contributed by atoms with Crippen molar-refractivity contribution in [2.45, 2.75) is 19.8 Å². The molecule has 6 heteroatoms. The number of carbonyl (C=O) groups excluding carboxylic acids is 1. The van der Waals surface area contributed by atoms with Crippen LogP contribution in [0.25, 0.3) is 0 Å². The van der Waals surface area contributed by atoms with E-state index in [0.717, 1.165) is 0 Å². The van der Waals surface area contributed by atoms with Crippen molar-refractivity contribution in [2.24, 2.45) is 0 Å². The highest BCUT2D eigenvalue weighted by atomic mass is 16.5. The van der Waals surface area contributed by atoms with Gasteiger partial charge in [0, 0.05) is 19.5 Å². The second-order valence-electron chi connectivity index (χ2n) is 2.89. The van der Waals surface area contributed by atoms with Gasteiger partial charge in [0.2, 0.25) is 5.89 Å². The first-order chi connectivity index (χ1) is 7.33. The highest BCUT2D eigenvalue weighted by Crippen LogP contribution is 1.90. The molecule has 0 radical (unpaired) electrons. The van der Waals surface area contributed by atoms with E-state index < -0.39 is 0 Å². The van der Waals surface area contributed by atoms with Gasteiger partial charge in [0.1, 0.15) is 0 Å². The third-order valence-corrected chi connectivity index (χ3v) is 1.73. The SMILES string of the molecule is CCOC(=O)CCNCCc1ncno1. The lowest BCUT2D eigenvalue weighted by atomic mass is 10.4. The minimum atomic E-state index is -0.178. The van der Waals surface area contributed by atoms with Crippen molar-refractivity contribution < 1.29 is 14.1 Å². The number of esters is 1. The lowest BCUT2D eigenvalue weighted by Crippen LogP contribution is -2.21. The van der Waals surface area contributed by atoms with Crippen molar-refractivity contribution in [1.29, 1.82) is 0 Å². The standard InChI is InChI=1S/C9H15N3O3/c1-2-14-9(13)4-6-10-5-3-8-11-7-12-15-8/h7,10H,2-6H2,1H3. The molecule has 0 saturated heterocycles. The van der Waals surface area contributed by atoms with Gasteiger partial charge in [-0.3, -0.25) is 4.79 Å². The van der Waals surface area contributed by atoms with Crippen molar-refractivity contribution in [3.63, 3.8) is 0 Å². The van der Waals surface area contributed by atoms with Crippen LogP contribution in [0.3, 0.4) is 0 Å². The van der Waals surface area contributed by atoms with E-state index in [0.29, 0.717) is 38.4 Å². The molecule has 0 aliphatic rings. The molecule has 0 aliphatic carbocycles. The van der Waals surface area contributed by atoms with E-state index in [1.165, 1.54) is 6.33 Å². The minimum Gasteiger partial charge on any atom is -0.466 e. The lowest BCUT2D eigenvalue weighted by molar-refractivity contribution is -0.142. The number of hydrogen-bond donors (Lipinski definition) is 1. The van der Waals surface area contributed by atoms with Crippen LogP contribution >= 0.6 is 0 Å². The van der Waals surface area contributed by atoms with Crippen LogP contribution in [0.1, 0.15) is 19.2 Å². The Morgan fingerprint density at radius 3 is 3.13 bits per heavy atom. The molecule has 0 amide bonds. The maximum Gasteiger partial charge on any atom is 0.307 e. The maximum atomic E-state index is 10.9. The molecule has 0 atom stereocenters. The van der Waals surface area contributed by atoms with Gasteiger partial charge in [0.05, 0.1) is 13.0 Å². The van der Waals surface area contributed by atoms with Crippen LogP contribution in [0.5, 0.6) is 0 Å². The van der Waals surface area contributed by atoms with Crippen molar-refractivity contribution in [2.75, 3.05) is 19.7 Å². The molecule has 84 valence electrons. The quantitative estimate of drug-likeness (QED) is 0.513. The van der Waals surface area contributed by atoms with Gasteiger partial charge in [-0.05, 0) is 6.92 Å². The third-order valence-electron chi connectivity index (χ3n) is 1.73. The third kappa shape index (κ3) is 5.11. The van der Waals surface area contributed by atoms with Gasteiger partial charge in [-0.25, -0.2) is 0 Å². The van der Waals surface area contributed by atoms with Crippen molar-refractivity contribution >= 4 is 5.97 Å². The largest absolute Gasteiger partial charge is 0.466 e. The number of nitrogens with zero attached hydrogens (tertiary/aromatic N) is 2. The van der Waals surface area contributed by atoms with Gasteiger partial charge >= 0.3 is 5.97 Å². The summed E-state index contributed by atoms with van der Waals surface area (Å²) in [5.41, 5.74) is 0. The number of nitrogens with one attached hydrogen (secondary N) is 1. The predicted molar refractivity (Wildman–Crippen MR) is 52.1 cm³/mol. The minimum absolute atomic E-state index is 0.178. The first kappa shape index (κ1) is 11.6. The molecule has 1 rings (SSSR count). The molecule has 0 aromatic carbocycles. The Hall–Kier alpha value is -1.43. The van der Waals surface area contributed by atoms with E-state index in [-0.39, 0.29) is 5.97 Å². The predicted octanol–water partition coefficient (Wildman–Crippen LogP) is 0.155. The molecule has 1 aromatic rings. The van der Waals surface area contributed by atoms with Gasteiger partial charge in [0.25, 0.3) is 0 Å². The van der Waals surface area contributed by atoms with Gasteiger partial charge in [-0.2, -0.15) is 4.98 Å². The van der Waals surface area contributed by atoms with Crippen molar-refractivity contribution in [1.82, 2.24) is 15.5 Å². The number of hydrogen-bond acceptors (Lipinski definition) is 6. The first-order valence-electron chi connectivity index (χ1n) is 4.94. The molecule has 0 unspecified atom stereocenters. The highest BCUT2D eigenvalue weighted by Gasteiger charge is 2.01. The summed E-state index contributed by atoms with van der Waals surface area (Å²) in [5, 5.41) is 6.57. The molecule has 0 fully saturated rings. The molecule has 1 N–H and O–H groups in total. The normalized spacial score (nSPS) is 10.2. The molecule has 1 aromatic heterocycles. The van der Waals surface area contributed by atoms with Crippen LogP contribution in [0, 0.1) is 0 Å². The summed E-state index contributed by atoms with van der Waals surface area (Å²) in [5.74, 6) is 0.418. The molecule has 0 spiro atoms. The Labute approximate surface area is 88.0 Å². The monoisotopic (exact) mass is 213 g/mol. The van der Waals surface area contributed by atoms with Gasteiger partial charge in [-0.1, -0.05) is 5.16 Å². The van der Waals surface area contributed by atoms with E-state index in [1.807, 2.05) is 0 Å². The van der Waals surface area contributed by atoms with E-state index in [9.17, 15) is 4.79 Å². The van der Waals surface area contributed by atoms with E-state index in [4.69, 9.17) is 9.26 Å². The second kappa shape index (κ2) is 6.94. The van der Waals surface area contributed by atoms with E-state index in [1.54, 1.807) is 6.92 Å². The fraction of sp³-hybridized carbons (Fsp3) is 0.667. The van der Waals surface area contributed by atoms with Crippen molar-refractivity contribution in [3.05, 3.63) is 12.2 Å². The topological polar surface area (TPSA) is 77.2 Å². The Kier molecular flexibility index (Phi) is 5.39. The number of carbonyl (C=O) groups is 1. The fourth-order valence-corrected chi connectivity index (χ4v) is 1.05. The van der Waals surface area contributed by atoms with Crippen molar-refractivity contribution in [3.8, 4) is 0 Å². The fourth-order valence-electron chi connectivity index (χ4n) is 1.05. The first-order valence-corrected chi connectivity index (χ1v) is 4.94. The summed E-state index contributed by atoms with van der Waals surface area (Å²) in [7, 11) is 0. The average Bonchev–Trinajstić information content (AvgIpc) is 2.70. The second-order valence-corrected chi connectivity index (χ2v) is 2.89. The summed E-state index contributed by atoms with van der Waals surface area (Å²) in [6.45, 7) is 3.54. The summed E-state index contributed by atoms with van der Waals surface area (Å²) in [6, 6.07) is 0. The van der Waals surface area contributed by atoms with Gasteiger partial charge < -0.3 is 14.6 Å². The zero-order chi connectivity index (χ0) is 10.9. The Morgan fingerprint density at radius 2 is 2.47 bits per heavy atom. The summed E-state index contributed by atoms with van der Waals surface area (Å²) < 4.78 is 9.58. The molecule has 15 heavy (non-hydrogen) atoms. The summed E-state index contributed by atoms with van der Waals surface area (Å²) >= 11 is 0. The van der Waals surface area contributed by atoms with Crippen LogP contribution < -0.4 is 5.32 Å². The zero-order valence-electron chi connectivity index (χ0n) is 8.73. The smallest absolute Gasteiger partial charge is 0.307 e. The van der Waals surface area contributed by atoms with Crippen LogP contribution in [0.2, 0.25) is 0 Å². The van der Waals surface area contributed by atoms with Crippen LogP contribution in [0.15, 0.2) is 10.9 Å². The average molecular weight is 213 g/mol. The van der Waals surface area contributed by atoms with E-state index in [2.05, 4.69) is 15.5 Å². The number of aromatic nitrogens is 2. The lowest BCUT2D eigenvalue weighted by Gasteiger charge is -2.02. The highest BCUT2D eigenvalue weighted by molar-refractivity contribution is 5.69. The molecule has 0 aliphatic heterocycles. The Bertz CT molecular complexity index is 274. The molecule has 1 heterocycles. The number of ether oxygens (including phenoxy) is 1. The van der Waals surface area contributed by atoms with Crippen LogP contribution in [0.4, 0.5) is 0 Å². The Morgan fingerprint density at radius 1 is 1.60 bits per heavy atom. The number of rotatable bonds is 7. The summed E-state index contributed by atoms with van der Waals surface area (Å²) in [4.78, 5) is 14.8. The van der Waals surface area contributed by atoms with Crippen LogP contribution in [-0.4, -0.2) is 35.8 Å². The molecular formula is C9H15N3O3. The maximum absolute atomic E-state index is 10.9. The Balaban J connectivity index is 1.95. The molecule has 0 saturated carbocycles. The summed E-state index contributed by atoms with van der Waals surface area (Å²) in [6.07, 6.45) is 2.43. The molecular weight excluding hydrogens is 198 g/mol. The molecule has 6 nitrogen and oxygen atoms in total. The van der Waals surface area contributed by atoms with Crippen LogP contribution in [-0.2, 0) is 16.0 Å². The zero-order valence-corrected chi connectivity index (χ0v) is 8.73. The van der Waals surface area contributed by atoms with E-state index >= 15 is 0 Å².